The number of carboxylic acid groups (broad SMARTS) is 1. The van der Waals surface area contributed by atoms with Crippen LogP contribution >= 0.6 is 0 Å². The summed E-state index contributed by atoms with van der Waals surface area (Å²) in [5.74, 6) is -1.25. The summed E-state index contributed by atoms with van der Waals surface area (Å²) in [5.41, 5.74) is 3.46. The number of hydrogen-bond donors (Lipinski definition) is 1. The minimum atomic E-state index is -0.923. The van der Waals surface area contributed by atoms with Crippen LogP contribution in [0.25, 0.3) is 10.9 Å². The average Bonchev–Trinajstić information content (AvgIpc) is 2.67. The third kappa shape index (κ3) is 1.46. The summed E-state index contributed by atoms with van der Waals surface area (Å²) in [6.45, 7) is 1.98. The first-order valence-electron chi connectivity index (χ1n) is 5.99. The number of carbonyl (C=O) groups excluding carboxylic acids is 1. The van der Waals surface area contributed by atoms with Crippen molar-refractivity contribution in [1.82, 2.24) is 4.98 Å². The Hall–Kier alpha value is -1.77. The van der Waals surface area contributed by atoms with Gasteiger partial charge in [-0.1, -0.05) is 25.1 Å². The van der Waals surface area contributed by atoms with Gasteiger partial charge in [0.1, 0.15) is 0 Å². The van der Waals surface area contributed by atoms with Crippen LogP contribution in [0.4, 0.5) is 0 Å². The van der Waals surface area contributed by atoms with Gasteiger partial charge in [-0.05, 0) is 30.4 Å². The van der Waals surface area contributed by atoms with Crippen molar-refractivity contribution in [2.75, 3.05) is 0 Å². The monoisotopic (exact) mass is 228 g/mol. The third-order valence-electron chi connectivity index (χ3n) is 3.89. The molecule has 3 rings (SSSR count). The van der Waals surface area contributed by atoms with Crippen molar-refractivity contribution in [3.8, 4) is 0 Å². The Morgan fingerprint density at radius 3 is 2.94 bits per heavy atom. The maximum atomic E-state index is 11.1. The Kier molecular flexibility index (Phi) is 2.21. The smallest absolute Gasteiger partial charge is 0.0459 e. The molecule has 17 heavy (non-hydrogen) atoms. The van der Waals surface area contributed by atoms with E-state index in [-0.39, 0.29) is 11.8 Å². The van der Waals surface area contributed by atoms with E-state index >= 15 is 0 Å². The molecule has 3 heteroatoms. The van der Waals surface area contributed by atoms with Crippen LogP contribution in [-0.4, -0.2) is 11.0 Å². The van der Waals surface area contributed by atoms with Gasteiger partial charge in [0.25, 0.3) is 0 Å². The number of fused-ring (bicyclic) bond motifs is 3. The van der Waals surface area contributed by atoms with Gasteiger partial charge in [-0.3, -0.25) is 0 Å². The zero-order valence-electron chi connectivity index (χ0n) is 9.69. The molecule has 2 atom stereocenters. The molecular formula is C14H14NO2-. The molecule has 0 spiro atoms. The van der Waals surface area contributed by atoms with E-state index in [1.807, 2.05) is 25.1 Å². The van der Waals surface area contributed by atoms with Gasteiger partial charge in [0.2, 0.25) is 0 Å². The van der Waals surface area contributed by atoms with Crippen molar-refractivity contribution >= 4 is 16.9 Å². The zero-order valence-corrected chi connectivity index (χ0v) is 9.69. The second-order valence-corrected chi connectivity index (χ2v) is 4.82. The highest BCUT2D eigenvalue weighted by atomic mass is 16.4. The molecule has 1 aromatic heterocycles. The van der Waals surface area contributed by atoms with Crippen molar-refractivity contribution in [3.63, 3.8) is 0 Å². The summed E-state index contributed by atoms with van der Waals surface area (Å²) < 4.78 is 0. The SMILES string of the molecule is C[C@H]1c2c([nH]c3ccccc23)CC[C@@H]1C(=O)[O-]. The zero-order chi connectivity index (χ0) is 12.0. The fourth-order valence-electron chi connectivity index (χ4n) is 3.01. The van der Waals surface area contributed by atoms with Gasteiger partial charge in [-0.15, -0.1) is 0 Å². The maximum Gasteiger partial charge on any atom is 0.0459 e. The Bertz CT molecular complexity index is 585. The van der Waals surface area contributed by atoms with Gasteiger partial charge in [-0.2, -0.15) is 0 Å². The van der Waals surface area contributed by atoms with Crippen molar-refractivity contribution in [2.45, 2.75) is 25.7 Å². The van der Waals surface area contributed by atoms with Crippen LogP contribution in [0.15, 0.2) is 24.3 Å². The summed E-state index contributed by atoms with van der Waals surface area (Å²) in [4.78, 5) is 14.5. The highest BCUT2D eigenvalue weighted by Crippen LogP contribution is 2.39. The van der Waals surface area contributed by atoms with Crippen LogP contribution < -0.4 is 5.11 Å². The highest BCUT2D eigenvalue weighted by Gasteiger charge is 2.29. The first kappa shape index (κ1) is 10.4. The molecule has 0 unspecified atom stereocenters. The average molecular weight is 228 g/mol. The molecule has 88 valence electrons. The van der Waals surface area contributed by atoms with Crippen LogP contribution in [0.2, 0.25) is 0 Å². The Morgan fingerprint density at radius 2 is 2.18 bits per heavy atom. The number of para-hydroxylation sites is 1. The molecule has 3 nitrogen and oxygen atoms in total. The van der Waals surface area contributed by atoms with Crippen LogP contribution in [0.5, 0.6) is 0 Å². The van der Waals surface area contributed by atoms with Crippen LogP contribution in [-0.2, 0) is 11.2 Å². The van der Waals surface area contributed by atoms with Crippen molar-refractivity contribution < 1.29 is 9.90 Å². The van der Waals surface area contributed by atoms with E-state index in [0.29, 0.717) is 6.42 Å². The predicted octanol–water partition coefficient (Wildman–Crippen LogP) is 1.58. The lowest BCUT2D eigenvalue weighted by atomic mass is 9.78. The van der Waals surface area contributed by atoms with Crippen molar-refractivity contribution in [3.05, 3.63) is 35.5 Å². The van der Waals surface area contributed by atoms with E-state index in [0.717, 1.165) is 17.3 Å². The van der Waals surface area contributed by atoms with E-state index in [9.17, 15) is 9.90 Å². The predicted molar refractivity (Wildman–Crippen MR) is 63.5 cm³/mol. The molecule has 0 aliphatic heterocycles. The molecule has 0 fully saturated rings. The summed E-state index contributed by atoms with van der Waals surface area (Å²) in [7, 11) is 0. The standard InChI is InChI=1S/C14H15NO2/c1-8-9(14(16)17)6-7-12-13(8)10-4-2-3-5-11(10)15-12/h2-5,8-9,15H,6-7H2,1H3,(H,16,17)/p-1/t8-,9+/m1/s1. The molecule has 0 bridgehead atoms. The number of H-pyrrole nitrogens is 1. The number of aliphatic carboxylic acids is 1. The number of aromatic amines is 1. The number of hydrogen-bond acceptors (Lipinski definition) is 2. The minimum absolute atomic E-state index is 0.0277. The third-order valence-corrected chi connectivity index (χ3v) is 3.89. The number of rotatable bonds is 1. The van der Waals surface area contributed by atoms with Crippen molar-refractivity contribution in [1.29, 1.82) is 0 Å². The molecule has 1 aliphatic carbocycles. The fraction of sp³-hybridized carbons (Fsp3) is 0.357. The maximum absolute atomic E-state index is 11.1. The first-order valence-corrected chi connectivity index (χ1v) is 5.99. The minimum Gasteiger partial charge on any atom is -0.550 e. The number of benzene rings is 1. The molecule has 1 heterocycles. The number of carboxylic acids is 1. The summed E-state index contributed by atoms with van der Waals surface area (Å²) in [6, 6.07) is 8.07. The summed E-state index contributed by atoms with van der Waals surface area (Å²) >= 11 is 0. The van der Waals surface area contributed by atoms with E-state index in [2.05, 4.69) is 11.1 Å². The van der Waals surface area contributed by atoms with Gasteiger partial charge in [0.15, 0.2) is 0 Å². The summed E-state index contributed by atoms with van der Waals surface area (Å²) in [5, 5.41) is 12.3. The molecule has 1 N–H and O–H groups in total. The molecule has 1 aromatic carbocycles. The molecule has 0 saturated heterocycles. The van der Waals surface area contributed by atoms with E-state index in [1.54, 1.807) is 0 Å². The fourth-order valence-corrected chi connectivity index (χ4v) is 3.01. The Balaban J connectivity index is 2.19. The molecule has 0 amide bonds. The largest absolute Gasteiger partial charge is 0.550 e. The highest BCUT2D eigenvalue weighted by molar-refractivity contribution is 5.86. The lowest BCUT2D eigenvalue weighted by molar-refractivity contribution is -0.312. The quantitative estimate of drug-likeness (QED) is 0.805. The van der Waals surface area contributed by atoms with Crippen molar-refractivity contribution in [2.24, 2.45) is 5.92 Å². The van der Waals surface area contributed by atoms with E-state index in [4.69, 9.17) is 0 Å². The number of carbonyl (C=O) groups is 1. The molecule has 1 aliphatic rings. The first-order chi connectivity index (χ1) is 8.18. The lowest BCUT2D eigenvalue weighted by Crippen LogP contribution is -2.36. The van der Waals surface area contributed by atoms with Crippen LogP contribution in [0.1, 0.15) is 30.5 Å². The number of nitrogens with one attached hydrogen (secondary N) is 1. The molecule has 0 radical (unpaired) electrons. The normalized spacial score (nSPS) is 23.6. The van der Waals surface area contributed by atoms with Gasteiger partial charge < -0.3 is 14.9 Å². The van der Waals surface area contributed by atoms with E-state index in [1.165, 1.54) is 11.3 Å². The van der Waals surface area contributed by atoms with Gasteiger partial charge >= 0.3 is 0 Å². The second-order valence-electron chi connectivity index (χ2n) is 4.82. The van der Waals surface area contributed by atoms with Crippen LogP contribution in [0, 0.1) is 5.92 Å². The van der Waals surface area contributed by atoms with Gasteiger partial charge in [0, 0.05) is 28.5 Å². The van der Waals surface area contributed by atoms with Gasteiger partial charge in [0.05, 0.1) is 0 Å². The number of aryl methyl sites for hydroxylation is 1. The van der Waals surface area contributed by atoms with Gasteiger partial charge in [-0.25, -0.2) is 0 Å². The second kappa shape index (κ2) is 3.62. The molecular weight excluding hydrogens is 214 g/mol. The van der Waals surface area contributed by atoms with E-state index < -0.39 is 5.97 Å². The Morgan fingerprint density at radius 1 is 1.41 bits per heavy atom. The molecule has 2 aromatic rings. The van der Waals surface area contributed by atoms with Crippen LogP contribution in [0.3, 0.4) is 0 Å². The topological polar surface area (TPSA) is 55.9 Å². The summed E-state index contributed by atoms with van der Waals surface area (Å²) in [6.07, 6.45) is 1.47. The Labute approximate surface area is 99.5 Å². The number of aromatic nitrogens is 1. The molecule has 0 saturated carbocycles. The lowest BCUT2D eigenvalue weighted by Gasteiger charge is -2.30.